The lowest BCUT2D eigenvalue weighted by atomic mass is 9.97. The van der Waals surface area contributed by atoms with Crippen molar-refractivity contribution >= 4 is 5.91 Å². The first-order chi connectivity index (χ1) is 46.6. The van der Waals surface area contributed by atoms with Gasteiger partial charge < -0.3 is 65.1 Å². The third-order valence-electron chi connectivity index (χ3n) is 20.1. The highest BCUT2D eigenvalue weighted by molar-refractivity contribution is 5.76. The van der Waals surface area contributed by atoms with Crippen molar-refractivity contribution in [2.45, 2.75) is 453 Å². The molecule has 12 unspecified atom stereocenters. The van der Waals surface area contributed by atoms with Crippen molar-refractivity contribution in [2.24, 2.45) is 0 Å². The van der Waals surface area contributed by atoms with E-state index in [1.165, 1.54) is 308 Å². The van der Waals surface area contributed by atoms with E-state index < -0.39 is 86.8 Å². The maximum absolute atomic E-state index is 13.4. The van der Waals surface area contributed by atoms with Gasteiger partial charge >= 0.3 is 0 Å². The van der Waals surface area contributed by atoms with Gasteiger partial charge in [-0.15, -0.1) is 0 Å². The van der Waals surface area contributed by atoms with Gasteiger partial charge in [-0.2, -0.15) is 0 Å². The molecule has 12 atom stereocenters. The van der Waals surface area contributed by atoms with E-state index in [1.807, 2.05) is 6.08 Å². The quantitative estimate of drug-likeness (QED) is 0.0204. The van der Waals surface area contributed by atoms with Gasteiger partial charge in [0.25, 0.3) is 0 Å². The molecule has 2 heterocycles. The van der Waals surface area contributed by atoms with Crippen molar-refractivity contribution in [3.8, 4) is 0 Å². The van der Waals surface area contributed by atoms with E-state index in [4.69, 9.17) is 18.9 Å². The highest BCUT2D eigenvalue weighted by atomic mass is 16.7. The molecule has 2 rings (SSSR count). The number of hydrogen-bond acceptors (Lipinski definition) is 13. The largest absolute Gasteiger partial charge is 0.394 e. The maximum atomic E-state index is 13.4. The number of ether oxygens (including phenoxy) is 4. The fourth-order valence-electron chi connectivity index (χ4n) is 13.6. The van der Waals surface area contributed by atoms with Crippen LogP contribution in [0.25, 0.3) is 0 Å². The van der Waals surface area contributed by atoms with Gasteiger partial charge in [-0.25, -0.2) is 0 Å². The Bertz CT molecular complexity index is 1730. The lowest BCUT2D eigenvalue weighted by Crippen LogP contribution is -2.65. The maximum Gasteiger partial charge on any atom is 0.220 e. The molecule has 0 aliphatic carbocycles. The zero-order valence-electron chi connectivity index (χ0n) is 61.4. The Labute approximate surface area is 582 Å². The molecule has 2 fully saturated rings. The number of unbranched alkanes of at least 4 members (excludes halogenated alkanes) is 52. The average molecular weight is 1350 g/mol. The van der Waals surface area contributed by atoms with E-state index in [0.717, 1.165) is 44.9 Å². The monoisotopic (exact) mass is 1350 g/mol. The first kappa shape index (κ1) is 89.3. The smallest absolute Gasteiger partial charge is 0.220 e. The van der Waals surface area contributed by atoms with Crippen molar-refractivity contribution in [3.05, 3.63) is 36.5 Å². The Kier molecular flexibility index (Phi) is 61.6. The second-order valence-electron chi connectivity index (χ2n) is 28.9. The third kappa shape index (κ3) is 48.6. The summed E-state index contributed by atoms with van der Waals surface area (Å²) in [5.41, 5.74) is 0. The number of hydrogen-bond donors (Lipinski definition) is 9. The van der Waals surface area contributed by atoms with Gasteiger partial charge in [-0.05, 0) is 51.4 Å². The number of carbonyl (C=O) groups is 1. The molecule has 0 spiro atoms. The topological polar surface area (TPSA) is 228 Å². The number of amides is 1. The fourth-order valence-corrected chi connectivity index (χ4v) is 13.6. The Morgan fingerprint density at radius 1 is 0.379 bits per heavy atom. The lowest BCUT2D eigenvalue weighted by Gasteiger charge is -2.46. The summed E-state index contributed by atoms with van der Waals surface area (Å²) in [7, 11) is 0. The molecule has 14 nitrogen and oxygen atoms in total. The van der Waals surface area contributed by atoms with E-state index in [9.17, 15) is 45.6 Å². The van der Waals surface area contributed by atoms with Crippen LogP contribution in [0.3, 0.4) is 0 Å². The fraction of sp³-hybridized carbons (Fsp3) is 0.914. The second-order valence-corrected chi connectivity index (χ2v) is 28.9. The summed E-state index contributed by atoms with van der Waals surface area (Å²) in [4.78, 5) is 13.4. The molecule has 2 saturated heterocycles. The summed E-state index contributed by atoms with van der Waals surface area (Å²) in [5.74, 6) is -0.231. The number of carbonyl (C=O) groups excluding carboxylic acids is 1. The minimum atomic E-state index is -1.79. The van der Waals surface area contributed by atoms with Crippen LogP contribution in [0.4, 0.5) is 0 Å². The molecule has 9 N–H and O–H groups in total. The van der Waals surface area contributed by atoms with Crippen LogP contribution in [0, 0.1) is 0 Å². The van der Waals surface area contributed by atoms with Crippen LogP contribution in [0.5, 0.6) is 0 Å². The number of allylic oxidation sites excluding steroid dienone is 5. The third-order valence-corrected chi connectivity index (χ3v) is 20.1. The summed E-state index contributed by atoms with van der Waals surface area (Å²) in [5, 5.41) is 87.6. The normalized spacial score (nSPS) is 22.5. The van der Waals surface area contributed by atoms with Gasteiger partial charge in [0.1, 0.15) is 48.8 Å². The molecule has 1 amide bonds. The van der Waals surface area contributed by atoms with Crippen molar-refractivity contribution in [1.82, 2.24) is 5.32 Å². The molecule has 2 aliphatic rings. The molecule has 0 aromatic heterocycles. The lowest BCUT2D eigenvalue weighted by molar-refractivity contribution is -0.359. The number of aliphatic hydroxyl groups is 8. The number of rotatable bonds is 69. The van der Waals surface area contributed by atoms with E-state index in [2.05, 4.69) is 43.5 Å². The molecule has 14 heteroatoms. The SMILES string of the molecule is CCCCCCC/C=C\C/C=C\CCCCCCCCCCCCCCCCCCCCCCCCCCCCCC(=O)NC(COC1OC(CO)C(OC2OC(CO)C(O)C(O)C2O)C(O)C1O)C(O)/C=C/CCCCCCCCCCCCCCCCCCCCCC. The van der Waals surface area contributed by atoms with Gasteiger partial charge in [0, 0.05) is 6.42 Å². The average Bonchev–Trinajstić information content (AvgIpc) is 0.801. The van der Waals surface area contributed by atoms with Crippen LogP contribution in [-0.4, -0.2) is 140 Å². The van der Waals surface area contributed by atoms with Crippen LogP contribution in [-0.2, 0) is 23.7 Å². The molecule has 0 saturated carbocycles. The summed E-state index contributed by atoms with van der Waals surface area (Å²) in [6.07, 6.45) is 69.5. The first-order valence-electron chi connectivity index (χ1n) is 40.7. The molecule has 560 valence electrons. The number of nitrogens with one attached hydrogen (secondary N) is 1. The molecule has 0 bridgehead atoms. The molecular weight excluding hydrogens is 1190 g/mol. The summed E-state index contributed by atoms with van der Waals surface area (Å²) in [6.45, 7) is 2.85. The minimum absolute atomic E-state index is 0.231. The van der Waals surface area contributed by atoms with Crippen LogP contribution in [0.2, 0.25) is 0 Å². The van der Waals surface area contributed by atoms with Crippen molar-refractivity contribution in [3.63, 3.8) is 0 Å². The van der Waals surface area contributed by atoms with E-state index in [0.29, 0.717) is 6.42 Å². The summed E-state index contributed by atoms with van der Waals surface area (Å²) in [6, 6.07) is -0.914. The zero-order chi connectivity index (χ0) is 68.7. The first-order valence-corrected chi connectivity index (χ1v) is 40.7. The van der Waals surface area contributed by atoms with E-state index in [1.54, 1.807) is 6.08 Å². The molecular formula is C81H153NO13. The Balaban J connectivity index is 1.57. The van der Waals surface area contributed by atoms with Gasteiger partial charge in [-0.3, -0.25) is 4.79 Å². The van der Waals surface area contributed by atoms with Crippen LogP contribution in [0.15, 0.2) is 36.5 Å². The van der Waals surface area contributed by atoms with Gasteiger partial charge in [0.2, 0.25) is 5.91 Å². The van der Waals surface area contributed by atoms with Crippen molar-refractivity contribution in [1.29, 1.82) is 0 Å². The van der Waals surface area contributed by atoms with Crippen LogP contribution >= 0.6 is 0 Å². The van der Waals surface area contributed by atoms with E-state index >= 15 is 0 Å². The van der Waals surface area contributed by atoms with E-state index in [-0.39, 0.29) is 18.9 Å². The Morgan fingerprint density at radius 3 is 1.05 bits per heavy atom. The highest BCUT2D eigenvalue weighted by Crippen LogP contribution is 2.30. The predicted octanol–water partition coefficient (Wildman–Crippen LogP) is 18.4. The molecule has 0 radical (unpaired) electrons. The Hall–Kier alpha value is -1.79. The predicted molar refractivity (Wildman–Crippen MR) is 392 cm³/mol. The number of aliphatic hydroxyl groups excluding tert-OH is 8. The van der Waals surface area contributed by atoms with Crippen LogP contribution in [0.1, 0.15) is 380 Å². The van der Waals surface area contributed by atoms with Gasteiger partial charge in [-0.1, -0.05) is 359 Å². The van der Waals surface area contributed by atoms with Crippen LogP contribution < -0.4 is 5.32 Å². The minimum Gasteiger partial charge on any atom is -0.394 e. The van der Waals surface area contributed by atoms with Gasteiger partial charge in [0.15, 0.2) is 12.6 Å². The van der Waals surface area contributed by atoms with Gasteiger partial charge in [0.05, 0.1) is 32.0 Å². The summed E-state index contributed by atoms with van der Waals surface area (Å²) >= 11 is 0. The van der Waals surface area contributed by atoms with Crippen molar-refractivity contribution in [2.75, 3.05) is 19.8 Å². The Morgan fingerprint density at radius 2 is 0.695 bits per heavy atom. The zero-order valence-corrected chi connectivity index (χ0v) is 61.4. The highest BCUT2D eigenvalue weighted by Gasteiger charge is 2.51. The molecule has 0 aromatic carbocycles. The summed E-state index contributed by atoms with van der Waals surface area (Å²) < 4.78 is 22.9. The molecule has 0 aromatic rings. The standard InChI is InChI=1S/C81H153NO13/c1-3-5-7-9-11-13-15-17-19-21-23-25-27-28-29-30-31-32-33-34-35-36-37-38-39-40-41-42-43-45-47-49-51-53-55-57-59-61-63-65-73(86)82-69(68-92-80-78(91)76(89)79(72(67-84)94-80)95-81-77(90)75(88)74(87)71(66-83)93-81)70(85)64-62-60-58-56-54-52-50-48-46-44-26-24-22-20-18-16-14-12-10-8-6-4-2/h15,17,21,23,62,64,69-72,74-81,83-85,87-91H,3-14,16,18-20,22,24-61,63,65-68H2,1-2H3,(H,82,86)/b17-15-,23-21-,64-62+. The molecule has 95 heavy (non-hydrogen) atoms. The molecule has 2 aliphatic heterocycles. The second kappa shape index (κ2) is 65.5. The van der Waals surface area contributed by atoms with Crippen molar-refractivity contribution < 1.29 is 64.6 Å².